The lowest BCUT2D eigenvalue weighted by atomic mass is 10.1. The van der Waals surface area contributed by atoms with Crippen LogP contribution < -0.4 is 14.8 Å². The molecule has 2 aliphatic heterocycles. The van der Waals surface area contributed by atoms with Crippen molar-refractivity contribution in [3.8, 4) is 11.5 Å². The Morgan fingerprint density at radius 1 is 1.20 bits per heavy atom. The SMILES string of the molecule is O=C(COC1CCNCC1)c1ccc2c(c1)OCCO2. The van der Waals surface area contributed by atoms with E-state index < -0.39 is 0 Å². The van der Waals surface area contributed by atoms with Gasteiger partial charge in [-0.3, -0.25) is 4.79 Å². The molecule has 0 bridgehead atoms. The van der Waals surface area contributed by atoms with Gasteiger partial charge in [-0.25, -0.2) is 0 Å². The van der Waals surface area contributed by atoms with E-state index in [4.69, 9.17) is 14.2 Å². The van der Waals surface area contributed by atoms with Gasteiger partial charge in [0.2, 0.25) is 0 Å². The third kappa shape index (κ3) is 3.11. The molecule has 5 heteroatoms. The number of hydrogen-bond acceptors (Lipinski definition) is 5. The van der Waals surface area contributed by atoms with Gasteiger partial charge in [0.15, 0.2) is 17.3 Å². The van der Waals surface area contributed by atoms with Crippen LogP contribution in [-0.2, 0) is 4.74 Å². The quantitative estimate of drug-likeness (QED) is 0.843. The fraction of sp³-hybridized carbons (Fsp3) is 0.533. The Balaban J connectivity index is 1.59. The number of ketones is 1. The highest BCUT2D eigenvalue weighted by atomic mass is 16.6. The molecule has 0 unspecified atom stereocenters. The van der Waals surface area contributed by atoms with Crippen LogP contribution in [-0.4, -0.2) is 44.8 Å². The van der Waals surface area contributed by atoms with E-state index in [-0.39, 0.29) is 18.5 Å². The lowest BCUT2D eigenvalue weighted by Crippen LogP contribution is -2.33. The number of fused-ring (bicyclic) bond motifs is 1. The number of carbonyl (C=O) groups excluding carboxylic acids is 1. The van der Waals surface area contributed by atoms with Gasteiger partial charge in [-0.1, -0.05) is 0 Å². The van der Waals surface area contributed by atoms with Crippen molar-refractivity contribution < 1.29 is 19.0 Å². The van der Waals surface area contributed by atoms with Crippen molar-refractivity contribution in [2.75, 3.05) is 32.9 Å². The molecule has 0 spiro atoms. The largest absolute Gasteiger partial charge is 0.486 e. The second kappa shape index (κ2) is 6.24. The smallest absolute Gasteiger partial charge is 0.188 e. The van der Waals surface area contributed by atoms with Gasteiger partial charge in [-0.15, -0.1) is 0 Å². The Morgan fingerprint density at radius 2 is 1.95 bits per heavy atom. The van der Waals surface area contributed by atoms with Gasteiger partial charge in [0, 0.05) is 5.56 Å². The summed E-state index contributed by atoms with van der Waals surface area (Å²) in [4.78, 5) is 12.1. The number of nitrogens with one attached hydrogen (secondary N) is 1. The maximum atomic E-state index is 12.1. The van der Waals surface area contributed by atoms with Gasteiger partial charge in [0.1, 0.15) is 19.8 Å². The predicted molar refractivity (Wildman–Crippen MR) is 73.6 cm³/mol. The van der Waals surface area contributed by atoms with Gasteiger partial charge < -0.3 is 19.5 Å². The maximum absolute atomic E-state index is 12.1. The molecule has 1 fully saturated rings. The van der Waals surface area contributed by atoms with Gasteiger partial charge in [-0.2, -0.15) is 0 Å². The number of piperidine rings is 1. The molecular formula is C15H19NO4. The number of carbonyl (C=O) groups is 1. The van der Waals surface area contributed by atoms with Crippen LogP contribution in [0.3, 0.4) is 0 Å². The molecule has 0 aromatic heterocycles. The molecule has 0 amide bonds. The summed E-state index contributed by atoms with van der Waals surface area (Å²) in [6.07, 6.45) is 2.13. The maximum Gasteiger partial charge on any atom is 0.188 e. The Kier molecular flexibility index (Phi) is 4.18. The Bertz CT molecular complexity index is 483. The average molecular weight is 277 g/mol. The molecule has 2 aliphatic rings. The van der Waals surface area contributed by atoms with E-state index in [1.54, 1.807) is 18.2 Å². The molecule has 2 heterocycles. The highest BCUT2D eigenvalue weighted by Gasteiger charge is 2.18. The number of ether oxygens (including phenoxy) is 3. The van der Waals surface area contributed by atoms with Gasteiger partial charge >= 0.3 is 0 Å². The lowest BCUT2D eigenvalue weighted by molar-refractivity contribution is 0.0317. The first-order valence-electron chi connectivity index (χ1n) is 7.08. The normalized spacial score (nSPS) is 18.8. The molecule has 1 aromatic carbocycles. The molecule has 20 heavy (non-hydrogen) atoms. The average Bonchev–Trinajstić information content (AvgIpc) is 2.53. The standard InChI is InChI=1S/C15H19NO4/c17-13(10-20-12-3-5-16-6-4-12)11-1-2-14-15(9-11)19-8-7-18-14/h1-2,9,12,16H,3-8,10H2. The first-order valence-corrected chi connectivity index (χ1v) is 7.08. The summed E-state index contributed by atoms with van der Waals surface area (Å²) in [5.41, 5.74) is 0.614. The summed E-state index contributed by atoms with van der Waals surface area (Å²) >= 11 is 0. The molecule has 1 aromatic rings. The van der Waals surface area contributed by atoms with E-state index in [1.165, 1.54) is 0 Å². The number of hydrogen-bond donors (Lipinski definition) is 1. The summed E-state index contributed by atoms with van der Waals surface area (Å²) < 4.78 is 16.6. The highest BCUT2D eigenvalue weighted by Crippen LogP contribution is 2.30. The second-order valence-electron chi connectivity index (χ2n) is 5.04. The molecule has 0 atom stereocenters. The Labute approximate surface area is 118 Å². The summed E-state index contributed by atoms with van der Waals surface area (Å²) in [6.45, 7) is 3.13. The van der Waals surface area contributed by atoms with E-state index in [0.29, 0.717) is 30.3 Å². The van der Waals surface area contributed by atoms with Crippen molar-refractivity contribution >= 4 is 5.78 Å². The summed E-state index contributed by atoms with van der Waals surface area (Å²) in [7, 11) is 0. The fourth-order valence-corrected chi connectivity index (χ4v) is 2.46. The van der Waals surface area contributed by atoms with E-state index in [2.05, 4.69) is 5.32 Å². The van der Waals surface area contributed by atoms with Crippen LogP contribution in [0, 0.1) is 0 Å². The van der Waals surface area contributed by atoms with E-state index >= 15 is 0 Å². The molecule has 0 aliphatic carbocycles. The molecule has 3 rings (SSSR count). The fourth-order valence-electron chi connectivity index (χ4n) is 2.46. The summed E-state index contributed by atoms with van der Waals surface area (Å²) in [5, 5.41) is 3.27. The van der Waals surface area contributed by atoms with Gasteiger partial charge in [-0.05, 0) is 44.1 Å². The zero-order valence-electron chi connectivity index (χ0n) is 11.4. The minimum absolute atomic E-state index is 0.0134. The number of rotatable bonds is 4. The topological polar surface area (TPSA) is 56.8 Å². The summed E-state index contributed by atoms with van der Waals surface area (Å²) in [5.74, 6) is 1.33. The molecule has 5 nitrogen and oxygen atoms in total. The molecule has 1 saturated heterocycles. The molecule has 0 saturated carbocycles. The van der Waals surface area contributed by atoms with E-state index in [0.717, 1.165) is 25.9 Å². The van der Waals surface area contributed by atoms with Crippen LogP contribution in [0.25, 0.3) is 0 Å². The second-order valence-corrected chi connectivity index (χ2v) is 5.04. The molecule has 108 valence electrons. The van der Waals surface area contributed by atoms with Crippen molar-refractivity contribution in [1.29, 1.82) is 0 Å². The van der Waals surface area contributed by atoms with Crippen molar-refractivity contribution in [2.45, 2.75) is 18.9 Å². The third-order valence-electron chi connectivity index (χ3n) is 3.60. The minimum atomic E-state index is -0.0134. The molecule has 0 radical (unpaired) electrons. The molecule has 1 N–H and O–H groups in total. The first-order chi connectivity index (χ1) is 9.83. The van der Waals surface area contributed by atoms with Gasteiger partial charge in [0.05, 0.1) is 6.10 Å². The third-order valence-corrected chi connectivity index (χ3v) is 3.60. The Hall–Kier alpha value is -1.59. The number of benzene rings is 1. The first kappa shape index (κ1) is 13.4. The highest BCUT2D eigenvalue weighted by molar-refractivity contribution is 5.97. The van der Waals surface area contributed by atoms with Crippen LogP contribution in [0.5, 0.6) is 11.5 Å². The van der Waals surface area contributed by atoms with E-state index in [1.807, 2.05) is 0 Å². The minimum Gasteiger partial charge on any atom is -0.486 e. The van der Waals surface area contributed by atoms with Crippen molar-refractivity contribution in [3.05, 3.63) is 23.8 Å². The summed E-state index contributed by atoms with van der Waals surface area (Å²) in [6, 6.07) is 5.29. The monoisotopic (exact) mass is 277 g/mol. The zero-order chi connectivity index (χ0) is 13.8. The van der Waals surface area contributed by atoms with Crippen molar-refractivity contribution in [1.82, 2.24) is 5.32 Å². The van der Waals surface area contributed by atoms with Crippen LogP contribution in [0.15, 0.2) is 18.2 Å². The van der Waals surface area contributed by atoms with E-state index in [9.17, 15) is 4.79 Å². The molecular weight excluding hydrogens is 258 g/mol. The zero-order valence-corrected chi connectivity index (χ0v) is 11.4. The lowest BCUT2D eigenvalue weighted by Gasteiger charge is -2.22. The van der Waals surface area contributed by atoms with Gasteiger partial charge in [0.25, 0.3) is 0 Å². The van der Waals surface area contributed by atoms with Crippen molar-refractivity contribution in [2.24, 2.45) is 0 Å². The predicted octanol–water partition coefficient (Wildman–Crippen LogP) is 1.41. The van der Waals surface area contributed by atoms with Crippen LogP contribution in [0.4, 0.5) is 0 Å². The van der Waals surface area contributed by atoms with Crippen LogP contribution in [0.1, 0.15) is 23.2 Å². The van der Waals surface area contributed by atoms with Crippen LogP contribution >= 0.6 is 0 Å². The number of Topliss-reactive ketones (excluding diaryl/α,β-unsaturated/α-hetero) is 1. The van der Waals surface area contributed by atoms with Crippen molar-refractivity contribution in [3.63, 3.8) is 0 Å². The van der Waals surface area contributed by atoms with Crippen LogP contribution in [0.2, 0.25) is 0 Å². The Morgan fingerprint density at radius 3 is 2.75 bits per heavy atom.